The number of aliphatic hydroxyl groups excluding tert-OH is 3. The summed E-state index contributed by atoms with van der Waals surface area (Å²) in [4.78, 5) is 10.3. The number of carbonyl (C=O) groups excluding carboxylic acids is 1. The lowest BCUT2D eigenvalue weighted by atomic mass is 10.5. The number of ketones is 1. The molecule has 0 aliphatic heterocycles. The van der Waals surface area contributed by atoms with Crippen LogP contribution < -0.4 is 0 Å². The summed E-state index contributed by atoms with van der Waals surface area (Å²) in [5, 5.41) is 23.6. The Hall–Kier alpha value is -0.0100. The van der Waals surface area contributed by atoms with Crippen LogP contribution in [-0.2, 0) is 4.79 Å². The lowest BCUT2D eigenvalue weighted by Crippen LogP contribution is -2.00. The van der Waals surface area contributed by atoms with Crippen molar-refractivity contribution < 1.29 is 20.1 Å². The van der Waals surface area contributed by atoms with E-state index in [2.05, 4.69) is 12.2 Å². The first-order valence-electron chi connectivity index (χ1n) is 3.56. The normalized spacial score (nSPS) is 8.62. The molecule has 0 amide bonds. The Labute approximate surface area is 87.0 Å². The second-order valence-electron chi connectivity index (χ2n) is 1.97. The lowest BCUT2D eigenvalue weighted by Gasteiger charge is -1.93. The molecule has 0 radical (unpaired) electrons. The summed E-state index contributed by atoms with van der Waals surface area (Å²) in [5.74, 6) is 0.454. The Bertz CT molecular complexity index is 147. The van der Waals surface area contributed by atoms with Gasteiger partial charge in [-0.3, -0.25) is 4.79 Å². The predicted octanol–water partition coefficient (Wildman–Crippen LogP) is -0.401. The number of Topliss-reactive ketones (excluding diaryl/α,β-unsaturated/α-hetero) is 1. The van der Waals surface area contributed by atoms with Crippen molar-refractivity contribution >= 4 is 34.0 Å². The summed E-state index contributed by atoms with van der Waals surface area (Å²) in [7, 11) is 0. The molecule has 0 unspecified atom stereocenters. The number of thioether (sulfide) groups is 1. The summed E-state index contributed by atoms with van der Waals surface area (Å²) < 4.78 is 0.477. The molecule has 78 valence electrons. The van der Waals surface area contributed by atoms with Gasteiger partial charge < -0.3 is 15.3 Å². The van der Waals surface area contributed by atoms with Crippen molar-refractivity contribution in [3.05, 3.63) is 0 Å². The van der Waals surface area contributed by atoms with E-state index in [0.29, 0.717) is 9.95 Å². The van der Waals surface area contributed by atoms with Crippen LogP contribution in [0.4, 0.5) is 0 Å². The SMILES string of the molecule is CC(=O)CSC(=S)CO.OCCO. The van der Waals surface area contributed by atoms with E-state index < -0.39 is 0 Å². The van der Waals surface area contributed by atoms with Gasteiger partial charge in [0.2, 0.25) is 0 Å². The molecule has 0 spiro atoms. The third-order valence-corrected chi connectivity index (χ3v) is 2.15. The molecule has 0 aromatic carbocycles. The van der Waals surface area contributed by atoms with Crippen LogP contribution >= 0.6 is 24.0 Å². The Morgan fingerprint density at radius 3 is 2.00 bits per heavy atom. The molecule has 0 bridgehead atoms. The third kappa shape index (κ3) is 18.7. The van der Waals surface area contributed by atoms with Gasteiger partial charge in [0.1, 0.15) is 5.78 Å². The van der Waals surface area contributed by atoms with E-state index in [1.807, 2.05) is 0 Å². The zero-order chi connectivity index (χ0) is 10.7. The van der Waals surface area contributed by atoms with Gasteiger partial charge in [-0.15, -0.1) is 11.8 Å². The van der Waals surface area contributed by atoms with Gasteiger partial charge in [0, 0.05) is 0 Å². The number of aliphatic hydroxyl groups is 3. The van der Waals surface area contributed by atoms with Crippen molar-refractivity contribution in [2.24, 2.45) is 0 Å². The average Bonchev–Trinajstić information content (AvgIpc) is 2.14. The number of carbonyl (C=O) groups is 1. The molecule has 0 aliphatic carbocycles. The highest BCUT2D eigenvalue weighted by molar-refractivity contribution is 8.23. The summed E-state index contributed by atoms with van der Waals surface area (Å²) in [6.07, 6.45) is 0. The maximum absolute atomic E-state index is 10.3. The van der Waals surface area contributed by atoms with Crippen molar-refractivity contribution in [2.45, 2.75) is 6.92 Å². The van der Waals surface area contributed by atoms with E-state index in [1.54, 1.807) is 0 Å². The quantitative estimate of drug-likeness (QED) is 0.566. The molecule has 0 aromatic rings. The Morgan fingerprint density at radius 2 is 1.77 bits per heavy atom. The van der Waals surface area contributed by atoms with Crippen molar-refractivity contribution in [2.75, 3.05) is 25.6 Å². The topological polar surface area (TPSA) is 77.8 Å². The number of hydrogen-bond donors (Lipinski definition) is 3. The van der Waals surface area contributed by atoms with Crippen LogP contribution in [-0.4, -0.2) is 50.9 Å². The van der Waals surface area contributed by atoms with E-state index in [-0.39, 0.29) is 25.6 Å². The van der Waals surface area contributed by atoms with Crippen molar-refractivity contribution in [1.82, 2.24) is 0 Å². The third-order valence-electron chi connectivity index (χ3n) is 0.666. The van der Waals surface area contributed by atoms with E-state index in [4.69, 9.17) is 15.3 Å². The highest BCUT2D eigenvalue weighted by Crippen LogP contribution is 2.02. The van der Waals surface area contributed by atoms with Crippen molar-refractivity contribution in [1.29, 1.82) is 0 Å². The smallest absolute Gasteiger partial charge is 0.140 e. The lowest BCUT2D eigenvalue weighted by molar-refractivity contribution is -0.114. The second kappa shape index (κ2) is 12.0. The minimum atomic E-state index is -0.125. The maximum Gasteiger partial charge on any atom is 0.140 e. The number of thiocarbonyl (C=S) groups is 1. The maximum atomic E-state index is 10.3. The van der Waals surface area contributed by atoms with Gasteiger partial charge in [-0.25, -0.2) is 0 Å². The minimum absolute atomic E-state index is 0.0794. The molecular weight excluding hydrogens is 212 g/mol. The zero-order valence-electron chi connectivity index (χ0n) is 7.39. The van der Waals surface area contributed by atoms with Gasteiger partial charge >= 0.3 is 0 Å². The Kier molecular flexibility index (Phi) is 14.3. The molecule has 6 heteroatoms. The number of rotatable bonds is 4. The largest absolute Gasteiger partial charge is 0.394 e. The van der Waals surface area contributed by atoms with Crippen LogP contribution in [0.15, 0.2) is 0 Å². The predicted molar refractivity (Wildman–Crippen MR) is 57.0 cm³/mol. The molecule has 3 N–H and O–H groups in total. The molecule has 0 aliphatic rings. The second-order valence-corrected chi connectivity index (χ2v) is 3.79. The number of hydrogen-bond acceptors (Lipinski definition) is 6. The molecule has 0 aromatic heterocycles. The van der Waals surface area contributed by atoms with Crippen LogP contribution in [0.1, 0.15) is 6.92 Å². The van der Waals surface area contributed by atoms with Crippen LogP contribution in [0.5, 0.6) is 0 Å². The first-order valence-corrected chi connectivity index (χ1v) is 4.95. The molecular formula is C7H14O4S2. The van der Waals surface area contributed by atoms with Crippen molar-refractivity contribution in [3.8, 4) is 0 Å². The van der Waals surface area contributed by atoms with Crippen molar-refractivity contribution in [3.63, 3.8) is 0 Å². The summed E-state index contributed by atoms with van der Waals surface area (Å²) in [5.41, 5.74) is 0. The molecule has 0 saturated carbocycles. The van der Waals surface area contributed by atoms with Gasteiger partial charge in [-0.05, 0) is 6.92 Å². The van der Waals surface area contributed by atoms with E-state index in [0.717, 1.165) is 0 Å². The van der Waals surface area contributed by atoms with Gasteiger partial charge in [0.25, 0.3) is 0 Å². The first-order chi connectivity index (χ1) is 6.08. The van der Waals surface area contributed by atoms with Crippen LogP contribution in [0.3, 0.4) is 0 Å². The minimum Gasteiger partial charge on any atom is -0.394 e. The Balaban J connectivity index is 0. The standard InChI is InChI=1S/C5H8O2S2.C2H6O2/c1-4(7)3-9-5(8)2-6;3-1-2-4/h6H,2-3H2,1H3;3-4H,1-2H2. The first kappa shape index (κ1) is 15.5. The summed E-state index contributed by atoms with van der Waals surface area (Å²) >= 11 is 5.85. The zero-order valence-corrected chi connectivity index (χ0v) is 9.03. The monoisotopic (exact) mass is 226 g/mol. The molecule has 0 rings (SSSR count). The molecule has 13 heavy (non-hydrogen) atoms. The van der Waals surface area contributed by atoms with Gasteiger partial charge in [0.15, 0.2) is 0 Å². The fraction of sp³-hybridized carbons (Fsp3) is 0.714. The van der Waals surface area contributed by atoms with Gasteiger partial charge in [-0.2, -0.15) is 0 Å². The van der Waals surface area contributed by atoms with Gasteiger partial charge in [-0.1, -0.05) is 12.2 Å². The van der Waals surface area contributed by atoms with Crippen LogP contribution in [0, 0.1) is 0 Å². The molecule has 0 atom stereocenters. The fourth-order valence-electron chi connectivity index (χ4n) is 0.228. The van der Waals surface area contributed by atoms with E-state index >= 15 is 0 Å². The average molecular weight is 226 g/mol. The Morgan fingerprint density at radius 1 is 1.31 bits per heavy atom. The van der Waals surface area contributed by atoms with Gasteiger partial charge in [0.05, 0.1) is 29.8 Å². The van der Waals surface area contributed by atoms with E-state index in [9.17, 15) is 4.79 Å². The summed E-state index contributed by atoms with van der Waals surface area (Å²) in [6, 6.07) is 0. The highest BCUT2D eigenvalue weighted by atomic mass is 32.2. The molecule has 4 nitrogen and oxygen atoms in total. The molecule has 0 fully saturated rings. The molecule has 0 saturated heterocycles. The van der Waals surface area contributed by atoms with Crippen LogP contribution in [0.2, 0.25) is 0 Å². The highest BCUT2D eigenvalue weighted by Gasteiger charge is 1.96. The van der Waals surface area contributed by atoms with E-state index in [1.165, 1.54) is 18.7 Å². The fourth-order valence-corrected chi connectivity index (χ4v) is 0.860. The molecule has 0 heterocycles. The van der Waals surface area contributed by atoms with Crippen LogP contribution in [0.25, 0.3) is 0 Å². The summed E-state index contributed by atoms with van der Waals surface area (Å²) in [6.45, 7) is 1.13.